The number of nitrogens with zero attached hydrogens (tertiary/aromatic N) is 4. The van der Waals surface area contributed by atoms with Gasteiger partial charge in [0.2, 0.25) is 0 Å². The number of aromatic nitrogens is 3. The number of amides is 1. The monoisotopic (exact) mass is 331 g/mol. The zero-order valence-corrected chi connectivity index (χ0v) is 13.8. The number of rotatable bonds is 5. The van der Waals surface area contributed by atoms with Gasteiger partial charge in [-0.3, -0.25) is 4.79 Å². The first-order valence-corrected chi connectivity index (χ1v) is 7.90. The molecule has 1 amide bonds. The molecule has 0 fully saturated rings. The maximum atomic E-state index is 12.3. The quantitative estimate of drug-likeness (QED) is 0.779. The Labute approximate surface area is 145 Å². The van der Waals surface area contributed by atoms with Crippen LogP contribution in [0.1, 0.15) is 40.1 Å². The summed E-state index contributed by atoms with van der Waals surface area (Å²) in [5.74, 6) is -0.281. The number of nitriles is 1. The van der Waals surface area contributed by atoms with Crippen molar-refractivity contribution < 1.29 is 4.79 Å². The average molecular weight is 331 g/mol. The summed E-state index contributed by atoms with van der Waals surface area (Å²) in [5, 5.41) is 19.7. The molecule has 0 aliphatic heterocycles. The molecule has 1 aromatic heterocycles. The summed E-state index contributed by atoms with van der Waals surface area (Å²) in [7, 11) is 0. The van der Waals surface area contributed by atoms with Gasteiger partial charge >= 0.3 is 0 Å². The van der Waals surface area contributed by atoms with Crippen LogP contribution in [0, 0.1) is 11.3 Å². The van der Waals surface area contributed by atoms with E-state index in [9.17, 15) is 4.79 Å². The molecule has 1 N–H and O–H groups in total. The van der Waals surface area contributed by atoms with Gasteiger partial charge in [-0.1, -0.05) is 47.7 Å². The Balaban J connectivity index is 1.64. The second-order valence-corrected chi connectivity index (χ2v) is 5.72. The highest BCUT2D eigenvalue weighted by molar-refractivity contribution is 5.92. The standard InChI is InChI=1S/C19H17N5O/c1-14(17-9-7-15(11-20)8-10-17)21-19(25)18-13-24(23-22-18)12-16-5-3-2-4-6-16/h2-10,13-14H,12H2,1H3,(H,21,25). The minimum Gasteiger partial charge on any atom is -0.344 e. The molecule has 1 heterocycles. The van der Waals surface area contributed by atoms with Crippen molar-refractivity contribution in [2.75, 3.05) is 0 Å². The molecule has 0 bridgehead atoms. The highest BCUT2D eigenvalue weighted by Crippen LogP contribution is 2.13. The van der Waals surface area contributed by atoms with Crippen molar-refractivity contribution >= 4 is 5.91 Å². The van der Waals surface area contributed by atoms with E-state index in [1.807, 2.05) is 49.4 Å². The maximum Gasteiger partial charge on any atom is 0.273 e. The second-order valence-electron chi connectivity index (χ2n) is 5.72. The van der Waals surface area contributed by atoms with E-state index < -0.39 is 0 Å². The molecule has 0 spiro atoms. The number of hydrogen-bond donors (Lipinski definition) is 1. The minimum absolute atomic E-state index is 0.195. The predicted octanol–water partition coefficient (Wildman–Crippen LogP) is 2.69. The number of benzene rings is 2. The number of nitrogens with one attached hydrogen (secondary N) is 1. The largest absolute Gasteiger partial charge is 0.344 e. The first-order chi connectivity index (χ1) is 12.2. The molecule has 124 valence electrons. The smallest absolute Gasteiger partial charge is 0.273 e. The Kier molecular flexibility index (Phi) is 4.86. The molecular weight excluding hydrogens is 314 g/mol. The van der Waals surface area contributed by atoms with Crippen LogP contribution in [-0.2, 0) is 6.54 Å². The maximum absolute atomic E-state index is 12.3. The molecule has 0 radical (unpaired) electrons. The summed E-state index contributed by atoms with van der Waals surface area (Å²) in [5.41, 5.74) is 2.87. The van der Waals surface area contributed by atoms with Gasteiger partial charge in [0.05, 0.1) is 30.4 Å². The van der Waals surface area contributed by atoms with Crippen LogP contribution in [-0.4, -0.2) is 20.9 Å². The van der Waals surface area contributed by atoms with Gasteiger partial charge in [-0.05, 0) is 30.2 Å². The topological polar surface area (TPSA) is 83.6 Å². The van der Waals surface area contributed by atoms with Gasteiger partial charge in [0, 0.05) is 0 Å². The summed E-state index contributed by atoms with van der Waals surface area (Å²) in [6, 6.07) is 18.9. The van der Waals surface area contributed by atoms with Gasteiger partial charge < -0.3 is 5.32 Å². The van der Waals surface area contributed by atoms with Crippen LogP contribution in [0.5, 0.6) is 0 Å². The predicted molar refractivity (Wildman–Crippen MR) is 92.6 cm³/mol. The normalized spacial score (nSPS) is 11.5. The van der Waals surface area contributed by atoms with Crippen molar-refractivity contribution in [1.82, 2.24) is 20.3 Å². The third-order valence-electron chi connectivity index (χ3n) is 3.85. The number of carbonyl (C=O) groups is 1. The zero-order chi connectivity index (χ0) is 17.6. The Morgan fingerprint density at radius 1 is 1.20 bits per heavy atom. The fourth-order valence-corrected chi connectivity index (χ4v) is 2.45. The van der Waals surface area contributed by atoms with Crippen LogP contribution in [0.4, 0.5) is 0 Å². The second kappa shape index (κ2) is 7.41. The van der Waals surface area contributed by atoms with Gasteiger partial charge in [-0.2, -0.15) is 5.26 Å². The Morgan fingerprint density at radius 2 is 1.92 bits per heavy atom. The van der Waals surface area contributed by atoms with E-state index in [0.29, 0.717) is 12.1 Å². The lowest BCUT2D eigenvalue weighted by Crippen LogP contribution is -2.27. The van der Waals surface area contributed by atoms with Crippen LogP contribution in [0.3, 0.4) is 0 Å². The number of carbonyl (C=O) groups excluding carboxylic acids is 1. The van der Waals surface area contributed by atoms with Gasteiger partial charge in [-0.15, -0.1) is 5.10 Å². The zero-order valence-electron chi connectivity index (χ0n) is 13.8. The Morgan fingerprint density at radius 3 is 2.60 bits per heavy atom. The number of hydrogen-bond acceptors (Lipinski definition) is 4. The fourth-order valence-electron chi connectivity index (χ4n) is 2.45. The van der Waals surface area contributed by atoms with Gasteiger partial charge in [0.25, 0.3) is 5.91 Å². The van der Waals surface area contributed by atoms with Crippen LogP contribution in [0.2, 0.25) is 0 Å². The molecule has 0 saturated carbocycles. The summed E-state index contributed by atoms with van der Waals surface area (Å²) in [6.07, 6.45) is 1.63. The van der Waals surface area contributed by atoms with E-state index in [1.54, 1.807) is 23.0 Å². The lowest BCUT2D eigenvalue weighted by atomic mass is 10.1. The highest BCUT2D eigenvalue weighted by atomic mass is 16.2. The first kappa shape index (κ1) is 16.4. The van der Waals surface area contributed by atoms with E-state index in [-0.39, 0.29) is 17.6 Å². The first-order valence-electron chi connectivity index (χ1n) is 7.90. The minimum atomic E-state index is -0.281. The molecule has 3 aromatic rings. The van der Waals surface area contributed by atoms with Crippen molar-refractivity contribution in [3.05, 3.63) is 83.2 Å². The van der Waals surface area contributed by atoms with E-state index in [0.717, 1.165) is 11.1 Å². The lowest BCUT2D eigenvalue weighted by Gasteiger charge is -2.13. The van der Waals surface area contributed by atoms with Crippen molar-refractivity contribution in [1.29, 1.82) is 5.26 Å². The van der Waals surface area contributed by atoms with Crippen LogP contribution < -0.4 is 5.32 Å². The molecule has 6 nitrogen and oxygen atoms in total. The molecule has 0 saturated heterocycles. The van der Waals surface area contributed by atoms with E-state index in [1.165, 1.54) is 0 Å². The fraction of sp³-hybridized carbons (Fsp3) is 0.158. The van der Waals surface area contributed by atoms with E-state index in [4.69, 9.17) is 5.26 Å². The highest BCUT2D eigenvalue weighted by Gasteiger charge is 2.15. The molecule has 0 aliphatic rings. The van der Waals surface area contributed by atoms with Crippen molar-refractivity contribution in [3.8, 4) is 6.07 Å². The van der Waals surface area contributed by atoms with Crippen molar-refractivity contribution in [2.24, 2.45) is 0 Å². The lowest BCUT2D eigenvalue weighted by molar-refractivity contribution is 0.0934. The summed E-state index contributed by atoms with van der Waals surface area (Å²) < 4.78 is 1.64. The molecule has 1 atom stereocenters. The third-order valence-corrected chi connectivity index (χ3v) is 3.85. The molecule has 3 rings (SSSR count). The Bertz CT molecular complexity index is 894. The molecule has 25 heavy (non-hydrogen) atoms. The van der Waals surface area contributed by atoms with Crippen molar-refractivity contribution in [3.63, 3.8) is 0 Å². The van der Waals surface area contributed by atoms with E-state index >= 15 is 0 Å². The van der Waals surface area contributed by atoms with Crippen molar-refractivity contribution in [2.45, 2.75) is 19.5 Å². The Hall–Kier alpha value is -3.46. The third kappa shape index (κ3) is 4.09. The summed E-state index contributed by atoms with van der Waals surface area (Å²) >= 11 is 0. The van der Waals surface area contributed by atoms with Gasteiger partial charge in [0.1, 0.15) is 0 Å². The van der Waals surface area contributed by atoms with Crippen LogP contribution in [0.25, 0.3) is 0 Å². The van der Waals surface area contributed by atoms with Crippen LogP contribution >= 0.6 is 0 Å². The average Bonchev–Trinajstić information content (AvgIpc) is 3.11. The summed E-state index contributed by atoms with van der Waals surface area (Å²) in [6.45, 7) is 2.44. The van der Waals surface area contributed by atoms with Gasteiger partial charge in [-0.25, -0.2) is 4.68 Å². The molecule has 0 aliphatic carbocycles. The SMILES string of the molecule is CC(NC(=O)c1cn(Cc2ccccc2)nn1)c1ccc(C#N)cc1. The molecule has 6 heteroatoms. The van der Waals surface area contributed by atoms with Gasteiger partial charge in [0.15, 0.2) is 5.69 Å². The molecule has 2 aromatic carbocycles. The molecular formula is C19H17N5O. The summed E-state index contributed by atoms with van der Waals surface area (Å²) in [4.78, 5) is 12.3. The van der Waals surface area contributed by atoms with E-state index in [2.05, 4.69) is 21.7 Å². The van der Waals surface area contributed by atoms with Crippen LogP contribution in [0.15, 0.2) is 60.8 Å². The molecule has 1 unspecified atom stereocenters.